The lowest BCUT2D eigenvalue weighted by molar-refractivity contribution is 0.614. The lowest BCUT2D eigenvalue weighted by Crippen LogP contribution is -2.14. The van der Waals surface area contributed by atoms with Crippen molar-refractivity contribution in [1.29, 1.82) is 0 Å². The molecule has 0 aromatic heterocycles. The van der Waals surface area contributed by atoms with Gasteiger partial charge in [-0.3, -0.25) is 0 Å². The first-order valence-electron chi connectivity index (χ1n) is 5.62. The molecule has 19 heavy (non-hydrogen) atoms. The highest BCUT2D eigenvalue weighted by Crippen LogP contribution is 2.28. The van der Waals surface area contributed by atoms with Gasteiger partial charge in [-0.25, -0.2) is 4.39 Å². The van der Waals surface area contributed by atoms with E-state index >= 15 is 0 Å². The fourth-order valence-corrected chi connectivity index (χ4v) is 3.61. The van der Waals surface area contributed by atoms with E-state index in [1.54, 1.807) is 6.07 Å². The molecular formula is C14H11Br3FN. The lowest BCUT2D eigenvalue weighted by atomic mass is 10.00. The van der Waals surface area contributed by atoms with Crippen LogP contribution in [-0.2, 0) is 6.42 Å². The minimum absolute atomic E-state index is 0.188. The van der Waals surface area contributed by atoms with Crippen LogP contribution in [0.1, 0.15) is 17.2 Å². The number of halogens is 4. The van der Waals surface area contributed by atoms with Gasteiger partial charge in [0.25, 0.3) is 0 Å². The minimum atomic E-state index is -0.264. The SMILES string of the molecule is NC(Cc1cccc(F)c1Br)c1cc(Br)cc(Br)c1. The van der Waals surface area contributed by atoms with E-state index in [0.717, 1.165) is 20.1 Å². The molecule has 0 aliphatic carbocycles. The molecular weight excluding hydrogens is 441 g/mol. The van der Waals surface area contributed by atoms with Crippen molar-refractivity contribution in [2.45, 2.75) is 12.5 Å². The number of nitrogens with two attached hydrogens (primary N) is 1. The normalized spacial score (nSPS) is 12.5. The van der Waals surface area contributed by atoms with E-state index in [2.05, 4.69) is 47.8 Å². The van der Waals surface area contributed by atoms with Crippen LogP contribution in [0, 0.1) is 5.82 Å². The van der Waals surface area contributed by atoms with Gasteiger partial charge in [-0.15, -0.1) is 0 Å². The highest BCUT2D eigenvalue weighted by molar-refractivity contribution is 9.11. The molecule has 2 aromatic carbocycles. The zero-order chi connectivity index (χ0) is 14.0. The number of hydrogen-bond acceptors (Lipinski definition) is 1. The molecule has 0 aliphatic heterocycles. The van der Waals surface area contributed by atoms with Gasteiger partial charge in [0.15, 0.2) is 0 Å². The van der Waals surface area contributed by atoms with Gasteiger partial charge in [0.2, 0.25) is 0 Å². The Bertz CT molecular complexity index is 581. The number of hydrogen-bond donors (Lipinski definition) is 1. The van der Waals surface area contributed by atoms with Crippen molar-refractivity contribution >= 4 is 47.8 Å². The molecule has 2 rings (SSSR count). The van der Waals surface area contributed by atoms with Crippen LogP contribution in [0.15, 0.2) is 49.8 Å². The maximum atomic E-state index is 13.5. The summed E-state index contributed by atoms with van der Waals surface area (Å²) >= 11 is 10.1. The Kier molecular flexibility index (Phi) is 5.17. The molecule has 0 saturated carbocycles. The molecule has 0 aliphatic rings. The molecule has 0 fully saturated rings. The summed E-state index contributed by atoms with van der Waals surface area (Å²) in [7, 11) is 0. The molecule has 100 valence electrons. The molecule has 0 spiro atoms. The lowest BCUT2D eigenvalue weighted by Gasteiger charge is -2.14. The van der Waals surface area contributed by atoms with Gasteiger partial charge in [0, 0.05) is 15.0 Å². The molecule has 0 heterocycles. The summed E-state index contributed by atoms with van der Waals surface area (Å²) in [6, 6.07) is 10.7. The van der Waals surface area contributed by atoms with Crippen LogP contribution in [0.25, 0.3) is 0 Å². The Morgan fingerprint density at radius 2 is 1.68 bits per heavy atom. The summed E-state index contributed by atoms with van der Waals surface area (Å²) in [5.74, 6) is -0.264. The fraction of sp³-hybridized carbons (Fsp3) is 0.143. The van der Waals surface area contributed by atoms with E-state index in [9.17, 15) is 4.39 Å². The molecule has 2 N–H and O–H groups in total. The van der Waals surface area contributed by atoms with E-state index in [0.29, 0.717) is 10.9 Å². The highest BCUT2D eigenvalue weighted by Gasteiger charge is 2.12. The molecule has 1 nitrogen and oxygen atoms in total. The van der Waals surface area contributed by atoms with Crippen LogP contribution in [0.3, 0.4) is 0 Å². The molecule has 0 bridgehead atoms. The van der Waals surface area contributed by atoms with E-state index < -0.39 is 0 Å². The number of benzene rings is 2. The Labute approximate surface area is 136 Å². The van der Waals surface area contributed by atoms with Gasteiger partial charge in [-0.2, -0.15) is 0 Å². The van der Waals surface area contributed by atoms with Crippen LogP contribution >= 0.6 is 47.8 Å². The van der Waals surface area contributed by atoms with Crippen molar-refractivity contribution in [2.75, 3.05) is 0 Å². The molecule has 1 unspecified atom stereocenters. The average Bonchev–Trinajstić information content (AvgIpc) is 2.33. The average molecular weight is 452 g/mol. The van der Waals surface area contributed by atoms with Crippen molar-refractivity contribution in [3.8, 4) is 0 Å². The predicted molar refractivity (Wildman–Crippen MR) is 86.6 cm³/mol. The van der Waals surface area contributed by atoms with Crippen LogP contribution in [0.2, 0.25) is 0 Å². The van der Waals surface area contributed by atoms with Crippen LogP contribution in [-0.4, -0.2) is 0 Å². The summed E-state index contributed by atoms with van der Waals surface area (Å²) in [5.41, 5.74) is 8.06. The van der Waals surface area contributed by atoms with E-state index in [4.69, 9.17) is 5.73 Å². The van der Waals surface area contributed by atoms with Crippen molar-refractivity contribution in [2.24, 2.45) is 5.73 Å². The summed E-state index contributed by atoms with van der Waals surface area (Å²) in [5, 5.41) is 0. The third kappa shape index (κ3) is 3.88. The van der Waals surface area contributed by atoms with Crippen molar-refractivity contribution in [3.05, 3.63) is 66.8 Å². The zero-order valence-electron chi connectivity index (χ0n) is 9.84. The van der Waals surface area contributed by atoms with Gasteiger partial charge in [0.1, 0.15) is 5.82 Å². The van der Waals surface area contributed by atoms with Crippen LogP contribution in [0.5, 0.6) is 0 Å². The van der Waals surface area contributed by atoms with E-state index in [-0.39, 0.29) is 11.9 Å². The summed E-state index contributed by atoms with van der Waals surface area (Å²) in [6.45, 7) is 0. The van der Waals surface area contributed by atoms with Crippen molar-refractivity contribution in [3.63, 3.8) is 0 Å². The first-order chi connectivity index (χ1) is 8.97. The molecule has 1 atom stereocenters. The maximum Gasteiger partial charge on any atom is 0.137 e. The topological polar surface area (TPSA) is 26.0 Å². The smallest absolute Gasteiger partial charge is 0.137 e. The molecule has 5 heteroatoms. The van der Waals surface area contributed by atoms with Gasteiger partial charge in [-0.05, 0) is 57.7 Å². The molecule has 2 aromatic rings. The second-order valence-corrected chi connectivity index (χ2v) is 6.85. The van der Waals surface area contributed by atoms with Gasteiger partial charge >= 0.3 is 0 Å². The van der Waals surface area contributed by atoms with E-state index in [1.165, 1.54) is 6.07 Å². The summed E-state index contributed by atoms with van der Waals surface area (Å²) < 4.78 is 15.9. The standard InChI is InChI=1S/C14H11Br3FN/c15-10-4-9(5-11(16)7-10)13(19)6-8-2-1-3-12(18)14(8)17/h1-5,7,13H,6,19H2. The van der Waals surface area contributed by atoms with Gasteiger partial charge < -0.3 is 5.73 Å². The van der Waals surface area contributed by atoms with Crippen LogP contribution in [0.4, 0.5) is 4.39 Å². The first-order valence-corrected chi connectivity index (χ1v) is 7.99. The van der Waals surface area contributed by atoms with Gasteiger partial charge in [-0.1, -0.05) is 44.0 Å². The number of rotatable bonds is 3. The largest absolute Gasteiger partial charge is 0.324 e. The Balaban J connectivity index is 2.25. The summed E-state index contributed by atoms with van der Waals surface area (Å²) in [4.78, 5) is 0. The van der Waals surface area contributed by atoms with Crippen molar-refractivity contribution in [1.82, 2.24) is 0 Å². The molecule has 0 radical (unpaired) electrons. The Morgan fingerprint density at radius 3 is 2.32 bits per heavy atom. The first kappa shape index (κ1) is 15.2. The van der Waals surface area contributed by atoms with Crippen LogP contribution < -0.4 is 5.73 Å². The fourth-order valence-electron chi connectivity index (χ4n) is 1.85. The minimum Gasteiger partial charge on any atom is -0.324 e. The third-order valence-corrected chi connectivity index (χ3v) is 4.59. The Morgan fingerprint density at radius 1 is 1.05 bits per heavy atom. The van der Waals surface area contributed by atoms with Gasteiger partial charge in [0.05, 0.1) is 4.47 Å². The predicted octanol–water partition coefficient (Wildman–Crippen LogP) is 5.36. The van der Waals surface area contributed by atoms with E-state index in [1.807, 2.05) is 24.3 Å². The second kappa shape index (κ2) is 6.48. The summed E-state index contributed by atoms with van der Waals surface area (Å²) in [6.07, 6.45) is 0.571. The highest BCUT2D eigenvalue weighted by atomic mass is 79.9. The molecule has 0 saturated heterocycles. The maximum absolute atomic E-state index is 13.5. The Hall–Kier alpha value is -0.230. The monoisotopic (exact) mass is 449 g/mol. The third-order valence-electron chi connectivity index (χ3n) is 2.78. The van der Waals surface area contributed by atoms with Crippen molar-refractivity contribution < 1.29 is 4.39 Å². The molecule has 0 amide bonds. The second-order valence-electron chi connectivity index (χ2n) is 4.23. The zero-order valence-corrected chi connectivity index (χ0v) is 14.6. The quantitative estimate of drug-likeness (QED) is 0.668.